The number of benzene rings is 1. The third-order valence-electron chi connectivity index (χ3n) is 3.29. The number of halogens is 1. The highest BCUT2D eigenvalue weighted by molar-refractivity contribution is 9.10. The zero-order valence-electron chi connectivity index (χ0n) is 11.2. The molecule has 18 heavy (non-hydrogen) atoms. The van der Waals surface area contributed by atoms with E-state index in [-0.39, 0.29) is 0 Å². The molecule has 1 saturated carbocycles. The van der Waals surface area contributed by atoms with E-state index in [2.05, 4.69) is 53.3 Å². The molecular weight excluding hydrogens is 290 g/mol. The molecular formula is C15H22BrNO. The van der Waals surface area contributed by atoms with Crippen LogP contribution in [0.5, 0.6) is 5.75 Å². The lowest BCUT2D eigenvalue weighted by molar-refractivity contribution is 0.315. The van der Waals surface area contributed by atoms with Gasteiger partial charge in [0.05, 0.1) is 11.1 Å². The van der Waals surface area contributed by atoms with Crippen LogP contribution in [-0.4, -0.2) is 13.2 Å². The number of hydrogen-bond donors (Lipinski definition) is 1. The maximum atomic E-state index is 5.69. The summed E-state index contributed by atoms with van der Waals surface area (Å²) in [5.74, 6) is 1.77. The first-order valence-electron chi connectivity index (χ1n) is 6.91. The van der Waals surface area contributed by atoms with E-state index >= 15 is 0 Å². The molecule has 3 heteroatoms. The summed E-state index contributed by atoms with van der Waals surface area (Å²) in [4.78, 5) is 0. The second-order valence-corrected chi connectivity index (χ2v) is 5.77. The molecule has 0 radical (unpaired) electrons. The van der Waals surface area contributed by atoms with E-state index < -0.39 is 0 Å². The largest absolute Gasteiger partial charge is 0.492 e. The van der Waals surface area contributed by atoms with Crippen LogP contribution < -0.4 is 10.1 Å². The van der Waals surface area contributed by atoms with E-state index in [1.165, 1.54) is 18.4 Å². The third-order valence-corrected chi connectivity index (χ3v) is 3.91. The van der Waals surface area contributed by atoms with E-state index in [0.717, 1.165) is 35.7 Å². The molecule has 0 bridgehead atoms. The molecule has 0 saturated heterocycles. The van der Waals surface area contributed by atoms with Gasteiger partial charge < -0.3 is 10.1 Å². The van der Waals surface area contributed by atoms with Gasteiger partial charge in [0.15, 0.2) is 0 Å². The minimum atomic E-state index is 0.506. The van der Waals surface area contributed by atoms with Crippen LogP contribution in [0.25, 0.3) is 0 Å². The fourth-order valence-electron chi connectivity index (χ4n) is 2.25. The molecule has 1 fully saturated rings. The molecule has 0 aliphatic heterocycles. The highest BCUT2D eigenvalue weighted by Gasteiger charge is 2.31. The van der Waals surface area contributed by atoms with Crippen LogP contribution in [0.15, 0.2) is 22.7 Å². The predicted octanol–water partition coefficient (Wildman–Crippen LogP) is 4.30. The van der Waals surface area contributed by atoms with E-state index in [4.69, 9.17) is 4.74 Å². The lowest BCUT2D eigenvalue weighted by Gasteiger charge is -2.19. The Morgan fingerprint density at radius 1 is 1.39 bits per heavy atom. The monoisotopic (exact) mass is 311 g/mol. The molecule has 100 valence electrons. The van der Waals surface area contributed by atoms with Crippen molar-refractivity contribution in [3.63, 3.8) is 0 Å². The lowest BCUT2D eigenvalue weighted by Crippen LogP contribution is -2.22. The second-order valence-electron chi connectivity index (χ2n) is 4.91. The Morgan fingerprint density at radius 3 is 2.72 bits per heavy atom. The highest BCUT2D eigenvalue weighted by Crippen LogP contribution is 2.42. The number of ether oxygens (including phenoxy) is 1. The van der Waals surface area contributed by atoms with Gasteiger partial charge in [-0.25, -0.2) is 0 Å². The molecule has 0 aromatic heterocycles. The Morgan fingerprint density at radius 2 is 2.17 bits per heavy atom. The molecule has 0 amide bonds. The SMILES string of the molecule is CCCOc1ccc(C(NCC)C2CC2)cc1Br. The minimum absolute atomic E-state index is 0.506. The summed E-state index contributed by atoms with van der Waals surface area (Å²) in [6.07, 6.45) is 3.74. The molecule has 0 spiro atoms. The topological polar surface area (TPSA) is 21.3 Å². The first-order valence-corrected chi connectivity index (χ1v) is 7.71. The van der Waals surface area contributed by atoms with Gasteiger partial charge in [-0.15, -0.1) is 0 Å². The summed E-state index contributed by atoms with van der Waals surface area (Å²) in [5.41, 5.74) is 1.37. The average Bonchev–Trinajstić information content (AvgIpc) is 3.19. The van der Waals surface area contributed by atoms with Gasteiger partial charge in [0.1, 0.15) is 5.75 Å². The number of hydrogen-bond acceptors (Lipinski definition) is 2. The molecule has 1 aromatic carbocycles. The van der Waals surface area contributed by atoms with Crippen LogP contribution in [0, 0.1) is 5.92 Å². The Kier molecular flexibility index (Phi) is 5.07. The van der Waals surface area contributed by atoms with E-state index in [0.29, 0.717) is 6.04 Å². The maximum Gasteiger partial charge on any atom is 0.133 e. The molecule has 1 unspecified atom stereocenters. The van der Waals surface area contributed by atoms with Crippen molar-refractivity contribution in [2.45, 2.75) is 39.2 Å². The zero-order chi connectivity index (χ0) is 13.0. The molecule has 0 heterocycles. The third kappa shape index (κ3) is 3.48. The summed E-state index contributed by atoms with van der Waals surface area (Å²) >= 11 is 3.61. The predicted molar refractivity (Wildman–Crippen MR) is 79.1 cm³/mol. The van der Waals surface area contributed by atoms with Gasteiger partial charge in [-0.2, -0.15) is 0 Å². The van der Waals surface area contributed by atoms with Gasteiger partial charge in [-0.05, 0) is 65.4 Å². The van der Waals surface area contributed by atoms with Gasteiger partial charge in [0.2, 0.25) is 0 Å². The van der Waals surface area contributed by atoms with Crippen molar-refractivity contribution in [2.24, 2.45) is 5.92 Å². The Balaban J connectivity index is 2.10. The van der Waals surface area contributed by atoms with Gasteiger partial charge in [-0.1, -0.05) is 19.9 Å². The normalized spacial score (nSPS) is 16.6. The van der Waals surface area contributed by atoms with Gasteiger partial charge in [-0.3, -0.25) is 0 Å². The molecule has 1 aliphatic rings. The highest BCUT2D eigenvalue weighted by atomic mass is 79.9. The summed E-state index contributed by atoms with van der Waals surface area (Å²) in [5, 5.41) is 3.59. The molecule has 1 N–H and O–H groups in total. The quantitative estimate of drug-likeness (QED) is 0.810. The van der Waals surface area contributed by atoms with Crippen molar-refractivity contribution in [3.05, 3.63) is 28.2 Å². The number of rotatable bonds is 7. The number of nitrogens with one attached hydrogen (secondary N) is 1. The maximum absolute atomic E-state index is 5.69. The van der Waals surface area contributed by atoms with Crippen LogP contribution in [0.2, 0.25) is 0 Å². The smallest absolute Gasteiger partial charge is 0.133 e. The van der Waals surface area contributed by atoms with Crippen LogP contribution in [-0.2, 0) is 0 Å². The molecule has 2 nitrogen and oxygen atoms in total. The molecule has 1 aliphatic carbocycles. The second kappa shape index (κ2) is 6.58. The van der Waals surface area contributed by atoms with Crippen molar-refractivity contribution in [1.29, 1.82) is 0 Å². The van der Waals surface area contributed by atoms with Crippen LogP contribution in [0.1, 0.15) is 44.7 Å². The Bertz CT molecular complexity index is 390. The van der Waals surface area contributed by atoms with Crippen molar-refractivity contribution in [3.8, 4) is 5.75 Å². The van der Waals surface area contributed by atoms with Gasteiger partial charge >= 0.3 is 0 Å². The van der Waals surface area contributed by atoms with Crippen LogP contribution >= 0.6 is 15.9 Å². The van der Waals surface area contributed by atoms with Gasteiger partial charge in [0, 0.05) is 6.04 Å². The lowest BCUT2D eigenvalue weighted by atomic mass is 10.0. The summed E-state index contributed by atoms with van der Waals surface area (Å²) in [7, 11) is 0. The fourth-order valence-corrected chi connectivity index (χ4v) is 2.76. The van der Waals surface area contributed by atoms with Crippen LogP contribution in [0.3, 0.4) is 0 Å². The van der Waals surface area contributed by atoms with Crippen LogP contribution in [0.4, 0.5) is 0 Å². The summed E-state index contributed by atoms with van der Waals surface area (Å²) in [6.45, 7) is 6.09. The van der Waals surface area contributed by atoms with Crippen molar-refractivity contribution < 1.29 is 4.74 Å². The van der Waals surface area contributed by atoms with Crippen molar-refractivity contribution in [2.75, 3.05) is 13.2 Å². The summed E-state index contributed by atoms with van der Waals surface area (Å²) in [6, 6.07) is 6.99. The van der Waals surface area contributed by atoms with Gasteiger partial charge in [0.25, 0.3) is 0 Å². The van der Waals surface area contributed by atoms with Crippen molar-refractivity contribution >= 4 is 15.9 Å². The minimum Gasteiger partial charge on any atom is -0.492 e. The van der Waals surface area contributed by atoms with E-state index in [9.17, 15) is 0 Å². The molecule has 1 atom stereocenters. The average molecular weight is 312 g/mol. The first kappa shape index (κ1) is 13.9. The summed E-state index contributed by atoms with van der Waals surface area (Å²) < 4.78 is 6.76. The van der Waals surface area contributed by atoms with Crippen molar-refractivity contribution in [1.82, 2.24) is 5.32 Å². The molecule has 1 aromatic rings. The molecule has 2 rings (SSSR count). The zero-order valence-corrected chi connectivity index (χ0v) is 12.8. The van der Waals surface area contributed by atoms with E-state index in [1.54, 1.807) is 0 Å². The first-order chi connectivity index (χ1) is 8.76. The standard InChI is InChI=1S/C15H22BrNO/c1-3-9-18-14-8-7-12(10-13(14)16)15(17-4-2)11-5-6-11/h7-8,10-11,15,17H,3-6,9H2,1-2H3. The Hall–Kier alpha value is -0.540. The Labute approximate surface area is 118 Å². The fraction of sp³-hybridized carbons (Fsp3) is 0.600. The van der Waals surface area contributed by atoms with E-state index in [1.807, 2.05) is 0 Å².